The molecular formula is C18H24N2O7S. The monoisotopic (exact) mass is 412 g/mol. The average Bonchev–Trinajstić information content (AvgIpc) is 2.84. The molecule has 0 radical (unpaired) electrons. The lowest BCUT2D eigenvalue weighted by Crippen LogP contribution is -2.48. The highest BCUT2D eigenvalue weighted by molar-refractivity contribution is 7.91. The predicted molar refractivity (Wildman–Crippen MR) is 102 cm³/mol. The molecule has 0 aromatic heterocycles. The fourth-order valence-corrected chi connectivity index (χ4v) is 5.23. The van der Waals surface area contributed by atoms with Crippen molar-refractivity contribution >= 4 is 27.4 Å². The number of esters is 1. The molecule has 1 aromatic rings. The fourth-order valence-electron chi connectivity index (χ4n) is 3.14. The third kappa shape index (κ3) is 5.28. The summed E-state index contributed by atoms with van der Waals surface area (Å²) in [5, 5.41) is 13.9. The third-order valence-electron chi connectivity index (χ3n) is 4.52. The molecule has 10 heteroatoms. The zero-order chi connectivity index (χ0) is 21.3. The van der Waals surface area contributed by atoms with Crippen molar-refractivity contribution in [1.82, 2.24) is 5.32 Å². The Morgan fingerprint density at radius 2 is 1.96 bits per heavy atom. The summed E-state index contributed by atoms with van der Waals surface area (Å²) < 4.78 is 28.1. The van der Waals surface area contributed by atoms with Gasteiger partial charge in [0, 0.05) is 11.6 Å². The van der Waals surface area contributed by atoms with Crippen LogP contribution in [0, 0.1) is 10.1 Å². The van der Waals surface area contributed by atoms with E-state index in [4.69, 9.17) is 4.74 Å². The van der Waals surface area contributed by atoms with Crippen LogP contribution in [-0.4, -0.2) is 48.9 Å². The normalized spacial score (nSPS) is 21.1. The van der Waals surface area contributed by atoms with E-state index in [9.17, 15) is 28.1 Å². The summed E-state index contributed by atoms with van der Waals surface area (Å²) in [5.74, 6) is -1.68. The molecule has 0 unspecified atom stereocenters. The van der Waals surface area contributed by atoms with Crippen molar-refractivity contribution < 1.29 is 27.7 Å². The van der Waals surface area contributed by atoms with Crippen LogP contribution in [0.15, 0.2) is 18.2 Å². The zero-order valence-electron chi connectivity index (χ0n) is 16.3. The second-order valence-corrected chi connectivity index (χ2v) is 10.5. The number of rotatable bonds is 5. The van der Waals surface area contributed by atoms with Gasteiger partial charge < -0.3 is 10.1 Å². The van der Waals surface area contributed by atoms with Gasteiger partial charge in [-0.2, -0.15) is 0 Å². The Bertz CT molecular complexity index is 918. The van der Waals surface area contributed by atoms with Gasteiger partial charge in [0.25, 0.3) is 11.6 Å². The Kier molecular flexibility index (Phi) is 5.84. The lowest BCUT2D eigenvalue weighted by Gasteiger charge is -2.23. The second-order valence-electron chi connectivity index (χ2n) is 8.27. The third-order valence-corrected chi connectivity index (χ3v) is 6.42. The van der Waals surface area contributed by atoms with Crippen molar-refractivity contribution in [1.29, 1.82) is 0 Å². The van der Waals surface area contributed by atoms with Crippen LogP contribution in [0.2, 0.25) is 0 Å². The number of ether oxygens (including phenoxy) is 1. The number of carbonyl (C=O) groups is 2. The molecule has 0 spiro atoms. The van der Waals surface area contributed by atoms with Crippen molar-refractivity contribution in [2.75, 3.05) is 18.1 Å². The number of carbonyl (C=O) groups excluding carboxylic acids is 2. The molecule has 1 aliphatic heterocycles. The number of hydrogen-bond acceptors (Lipinski definition) is 7. The first-order valence-corrected chi connectivity index (χ1v) is 10.5. The number of sulfone groups is 1. The first-order valence-electron chi connectivity index (χ1n) is 8.70. The molecule has 154 valence electrons. The minimum Gasteiger partial charge on any atom is -0.452 e. The van der Waals surface area contributed by atoms with Gasteiger partial charge in [0.1, 0.15) is 0 Å². The molecule has 1 fully saturated rings. The molecule has 0 bridgehead atoms. The van der Waals surface area contributed by atoms with Crippen LogP contribution >= 0.6 is 0 Å². The van der Waals surface area contributed by atoms with E-state index in [2.05, 4.69) is 5.32 Å². The Balaban J connectivity index is 2.04. The fraction of sp³-hybridized carbons (Fsp3) is 0.556. The molecule has 1 heterocycles. The number of nitro benzene ring substituents is 1. The van der Waals surface area contributed by atoms with E-state index in [1.165, 1.54) is 12.1 Å². The summed E-state index contributed by atoms with van der Waals surface area (Å²) in [5.41, 5.74) is -1.14. The van der Waals surface area contributed by atoms with Gasteiger partial charge in [0.15, 0.2) is 16.4 Å². The molecule has 0 aliphatic carbocycles. The van der Waals surface area contributed by atoms with Gasteiger partial charge in [-0.05, 0) is 24.8 Å². The SMILES string of the molecule is CC(C)(C)c1ccc(C(=O)OCC(=O)N[C@]2(C)CCS(=O)(=O)C2)cc1[N+](=O)[O-]. The maximum atomic E-state index is 12.2. The van der Waals surface area contributed by atoms with Crippen molar-refractivity contribution in [3.05, 3.63) is 39.4 Å². The highest BCUT2D eigenvalue weighted by Gasteiger charge is 2.39. The second kappa shape index (κ2) is 7.50. The first-order chi connectivity index (χ1) is 12.7. The number of benzene rings is 1. The molecule has 28 heavy (non-hydrogen) atoms. The molecule has 1 N–H and O–H groups in total. The summed E-state index contributed by atoms with van der Waals surface area (Å²) in [4.78, 5) is 35.0. The van der Waals surface area contributed by atoms with E-state index in [1.807, 2.05) is 20.8 Å². The maximum Gasteiger partial charge on any atom is 0.338 e. The number of hydrogen-bond donors (Lipinski definition) is 1. The average molecular weight is 412 g/mol. The van der Waals surface area contributed by atoms with Crippen molar-refractivity contribution in [2.45, 2.75) is 45.1 Å². The number of nitrogens with one attached hydrogen (secondary N) is 1. The van der Waals surface area contributed by atoms with Crippen LogP contribution < -0.4 is 5.32 Å². The van der Waals surface area contributed by atoms with Gasteiger partial charge in [0.05, 0.1) is 27.5 Å². The molecular weight excluding hydrogens is 388 g/mol. The number of nitro groups is 1. The summed E-state index contributed by atoms with van der Waals surface area (Å²) in [6.45, 7) is 6.47. The maximum absolute atomic E-state index is 12.2. The smallest absolute Gasteiger partial charge is 0.338 e. The van der Waals surface area contributed by atoms with Crippen molar-refractivity contribution in [2.24, 2.45) is 0 Å². The van der Waals surface area contributed by atoms with E-state index in [-0.39, 0.29) is 29.2 Å². The van der Waals surface area contributed by atoms with Crippen LogP contribution in [0.5, 0.6) is 0 Å². The molecule has 1 amide bonds. The molecule has 1 aliphatic rings. The van der Waals surface area contributed by atoms with Gasteiger partial charge in [-0.3, -0.25) is 14.9 Å². The highest BCUT2D eigenvalue weighted by atomic mass is 32.2. The van der Waals surface area contributed by atoms with E-state index < -0.39 is 44.2 Å². The lowest BCUT2D eigenvalue weighted by atomic mass is 9.85. The minimum atomic E-state index is -3.19. The van der Waals surface area contributed by atoms with Crippen molar-refractivity contribution in [3.63, 3.8) is 0 Å². The van der Waals surface area contributed by atoms with Crippen LogP contribution in [0.25, 0.3) is 0 Å². The van der Waals surface area contributed by atoms with Gasteiger partial charge >= 0.3 is 5.97 Å². The quantitative estimate of drug-likeness (QED) is 0.442. The summed E-state index contributed by atoms with van der Waals surface area (Å²) >= 11 is 0. The molecule has 1 atom stereocenters. The Morgan fingerprint density at radius 1 is 1.32 bits per heavy atom. The van der Waals surface area contributed by atoms with Gasteiger partial charge in [0.2, 0.25) is 0 Å². The summed E-state index contributed by atoms with van der Waals surface area (Å²) in [6, 6.07) is 4.05. The van der Waals surface area contributed by atoms with E-state index >= 15 is 0 Å². The lowest BCUT2D eigenvalue weighted by molar-refractivity contribution is -0.386. The van der Waals surface area contributed by atoms with Crippen LogP contribution in [0.1, 0.15) is 50.0 Å². The van der Waals surface area contributed by atoms with Crippen LogP contribution in [0.3, 0.4) is 0 Å². The molecule has 1 saturated heterocycles. The first kappa shape index (κ1) is 21.8. The Labute approximate surface area is 163 Å². The minimum absolute atomic E-state index is 0.00659. The summed E-state index contributed by atoms with van der Waals surface area (Å²) in [7, 11) is -3.19. The van der Waals surface area contributed by atoms with Crippen molar-refractivity contribution in [3.8, 4) is 0 Å². The Morgan fingerprint density at radius 3 is 2.46 bits per heavy atom. The Hall–Kier alpha value is -2.49. The molecule has 2 rings (SSSR count). The van der Waals surface area contributed by atoms with E-state index in [1.54, 1.807) is 6.92 Å². The zero-order valence-corrected chi connectivity index (χ0v) is 17.1. The van der Waals surface area contributed by atoms with Gasteiger partial charge in [-0.25, -0.2) is 13.2 Å². The molecule has 0 saturated carbocycles. The number of nitrogens with zero attached hydrogens (tertiary/aromatic N) is 1. The largest absolute Gasteiger partial charge is 0.452 e. The van der Waals surface area contributed by atoms with Crippen LogP contribution in [0.4, 0.5) is 5.69 Å². The predicted octanol–water partition coefficient (Wildman–Crippen LogP) is 1.74. The van der Waals surface area contributed by atoms with E-state index in [0.29, 0.717) is 5.56 Å². The van der Waals surface area contributed by atoms with Gasteiger partial charge in [-0.15, -0.1) is 0 Å². The topological polar surface area (TPSA) is 133 Å². The molecule has 1 aromatic carbocycles. The standard InChI is InChI=1S/C18H24N2O7S/c1-17(2,3)13-6-5-12(9-14(13)20(23)24)16(22)27-10-15(21)19-18(4)7-8-28(25,26)11-18/h5-6,9H,7-8,10-11H2,1-4H3,(H,19,21)/t18-/m1/s1. The molecule has 9 nitrogen and oxygen atoms in total. The summed E-state index contributed by atoms with van der Waals surface area (Å²) in [6.07, 6.45) is 0.287. The van der Waals surface area contributed by atoms with Crippen LogP contribution in [-0.2, 0) is 24.8 Å². The van der Waals surface area contributed by atoms with E-state index in [0.717, 1.165) is 6.07 Å². The highest BCUT2D eigenvalue weighted by Crippen LogP contribution is 2.32. The number of amides is 1. The van der Waals surface area contributed by atoms with Gasteiger partial charge in [-0.1, -0.05) is 26.8 Å².